The van der Waals surface area contributed by atoms with Crippen molar-refractivity contribution < 1.29 is 28.1 Å². The minimum Gasteiger partial charge on any atom is -0.496 e. The number of nitrogens with one attached hydrogen (secondary N) is 1. The van der Waals surface area contributed by atoms with Crippen molar-refractivity contribution in [2.24, 2.45) is 0 Å². The number of ether oxygens (including phenoxy) is 2. The maximum atomic E-state index is 12.5. The van der Waals surface area contributed by atoms with E-state index in [2.05, 4.69) is 14.6 Å². The van der Waals surface area contributed by atoms with Gasteiger partial charge in [0.1, 0.15) is 11.5 Å². The van der Waals surface area contributed by atoms with Crippen LogP contribution in [0, 0.1) is 0 Å². The Hall–Kier alpha value is -1.90. The van der Waals surface area contributed by atoms with Crippen LogP contribution in [0.3, 0.4) is 0 Å². The molecule has 152 valence electrons. The third-order valence-corrected chi connectivity index (χ3v) is 4.28. The molecular formula is C18H24ClF3N2O3. The second-order valence-electron chi connectivity index (χ2n) is 6.14. The molecule has 5 nitrogen and oxygen atoms in total. The number of likely N-dealkylation sites (tertiary alicyclic amines) is 1. The van der Waals surface area contributed by atoms with Crippen LogP contribution in [0.2, 0.25) is 0 Å². The summed E-state index contributed by atoms with van der Waals surface area (Å²) in [5, 5.41) is 0. The summed E-state index contributed by atoms with van der Waals surface area (Å²) in [6, 6.07) is 7.87. The van der Waals surface area contributed by atoms with Gasteiger partial charge in [0, 0.05) is 23.5 Å². The lowest BCUT2D eigenvalue weighted by molar-refractivity contribution is -0.274. The predicted molar refractivity (Wildman–Crippen MR) is 99.5 cm³/mol. The summed E-state index contributed by atoms with van der Waals surface area (Å²) in [6.07, 6.45) is -1.03. The van der Waals surface area contributed by atoms with Crippen LogP contribution in [-0.4, -0.2) is 41.9 Å². The topological polar surface area (TPSA) is 69.0 Å². The quantitative estimate of drug-likeness (QED) is 0.807. The van der Waals surface area contributed by atoms with Crippen LogP contribution < -0.4 is 9.47 Å². The second-order valence-corrected chi connectivity index (χ2v) is 6.14. The van der Waals surface area contributed by atoms with E-state index in [0.717, 1.165) is 25.3 Å². The fourth-order valence-electron chi connectivity index (χ4n) is 3.14. The first-order valence-electron chi connectivity index (χ1n) is 8.29. The van der Waals surface area contributed by atoms with Crippen molar-refractivity contribution in [1.29, 1.82) is 0 Å². The Morgan fingerprint density at radius 1 is 1.07 bits per heavy atom. The van der Waals surface area contributed by atoms with Gasteiger partial charge >= 0.3 is 6.36 Å². The largest absolute Gasteiger partial charge is 0.573 e. The molecule has 0 aliphatic carbocycles. The number of H-pyrrole nitrogens is 1. The number of halogens is 4. The van der Waals surface area contributed by atoms with Gasteiger partial charge in [-0.25, -0.2) is 0 Å². The Labute approximate surface area is 162 Å². The molecule has 3 N–H and O–H groups in total. The number of nitrogens with zero attached hydrogens (tertiary/aromatic N) is 1. The third kappa shape index (κ3) is 6.34. The Morgan fingerprint density at radius 2 is 1.78 bits per heavy atom. The number of hydrogen-bond acceptors (Lipinski definition) is 3. The number of benzene rings is 1. The van der Waals surface area contributed by atoms with Crippen molar-refractivity contribution in [2.45, 2.75) is 32.2 Å². The molecule has 0 saturated carbocycles. The summed E-state index contributed by atoms with van der Waals surface area (Å²) in [6.45, 7) is 2.96. The first-order valence-corrected chi connectivity index (χ1v) is 8.29. The number of hydrogen-bond donors (Lipinski definition) is 1. The SMILES string of the molecule is COc1ccc(OC(F)(F)F)cc1-c1ccc(CN2CCCCC2)[nH]1.Cl.O. The molecule has 0 spiro atoms. The third-order valence-electron chi connectivity index (χ3n) is 4.28. The maximum Gasteiger partial charge on any atom is 0.573 e. The number of rotatable bonds is 5. The molecule has 27 heavy (non-hydrogen) atoms. The molecule has 2 heterocycles. The van der Waals surface area contributed by atoms with Gasteiger partial charge < -0.3 is 19.9 Å². The molecule has 1 aromatic carbocycles. The van der Waals surface area contributed by atoms with Gasteiger partial charge in [0.2, 0.25) is 0 Å². The fourth-order valence-corrected chi connectivity index (χ4v) is 3.14. The summed E-state index contributed by atoms with van der Waals surface area (Å²) in [5.41, 5.74) is 2.27. The molecule has 2 aromatic rings. The van der Waals surface area contributed by atoms with Gasteiger partial charge in [-0.15, -0.1) is 25.6 Å². The van der Waals surface area contributed by atoms with E-state index >= 15 is 0 Å². The number of aromatic amines is 1. The summed E-state index contributed by atoms with van der Waals surface area (Å²) in [5.74, 6) is 0.219. The molecular weight excluding hydrogens is 385 g/mol. The lowest BCUT2D eigenvalue weighted by Crippen LogP contribution is -2.29. The Bertz CT molecular complexity index is 716. The highest BCUT2D eigenvalue weighted by Gasteiger charge is 2.31. The number of piperidine rings is 1. The minimum atomic E-state index is -4.72. The van der Waals surface area contributed by atoms with Crippen molar-refractivity contribution in [3.8, 4) is 22.8 Å². The van der Waals surface area contributed by atoms with Crippen LogP contribution in [0.4, 0.5) is 13.2 Å². The molecule has 0 bridgehead atoms. The van der Waals surface area contributed by atoms with Gasteiger partial charge in [0.15, 0.2) is 0 Å². The van der Waals surface area contributed by atoms with Gasteiger partial charge in [-0.05, 0) is 56.3 Å². The van der Waals surface area contributed by atoms with Gasteiger partial charge in [-0.1, -0.05) is 6.42 Å². The van der Waals surface area contributed by atoms with E-state index in [-0.39, 0.29) is 23.6 Å². The first-order chi connectivity index (χ1) is 11.9. The highest BCUT2D eigenvalue weighted by molar-refractivity contribution is 5.85. The molecule has 1 fully saturated rings. The summed E-state index contributed by atoms with van der Waals surface area (Å²) >= 11 is 0. The molecule has 0 unspecified atom stereocenters. The molecule has 1 aliphatic heterocycles. The summed E-state index contributed by atoms with van der Waals surface area (Å²) < 4.78 is 46.7. The zero-order valence-corrected chi connectivity index (χ0v) is 15.8. The van der Waals surface area contributed by atoms with E-state index < -0.39 is 6.36 Å². The zero-order valence-electron chi connectivity index (χ0n) is 14.9. The van der Waals surface area contributed by atoms with Crippen LogP contribution in [0.5, 0.6) is 11.5 Å². The van der Waals surface area contributed by atoms with Gasteiger partial charge in [-0.2, -0.15) is 0 Å². The summed E-state index contributed by atoms with van der Waals surface area (Å²) in [7, 11) is 1.49. The maximum absolute atomic E-state index is 12.5. The van der Waals surface area contributed by atoms with Crippen LogP contribution in [-0.2, 0) is 6.54 Å². The van der Waals surface area contributed by atoms with Crippen LogP contribution in [0.15, 0.2) is 30.3 Å². The van der Waals surface area contributed by atoms with Gasteiger partial charge in [-0.3, -0.25) is 4.90 Å². The van der Waals surface area contributed by atoms with Crippen molar-refractivity contribution >= 4 is 12.4 Å². The average Bonchev–Trinajstić information content (AvgIpc) is 3.02. The Kier molecular flexibility index (Phi) is 8.46. The van der Waals surface area contributed by atoms with E-state index in [4.69, 9.17) is 4.74 Å². The molecule has 3 rings (SSSR count). The molecule has 1 aliphatic rings. The van der Waals surface area contributed by atoms with E-state index in [1.54, 1.807) is 0 Å². The smallest absolute Gasteiger partial charge is 0.496 e. The van der Waals surface area contributed by atoms with Crippen molar-refractivity contribution in [1.82, 2.24) is 9.88 Å². The highest BCUT2D eigenvalue weighted by Crippen LogP contribution is 2.35. The van der Waals surface area contributed by atoms with Crippen LogP contribution in [0.1, 0.15) is 25.0 Å². The molecule has 9 heteroatoms. The van der Waals surface area contributed by atoms with Crippen molar-refractivity contribution in [3.05, 3.63) is 36.0 Å². The van der Waals surface area contributed by atoms with Crippen molar-refractivity contribution in [3.63, 3.8) is 0 Å². The van der Waals surface area contributed by atoms with E-state index in [9.17, 15) is 13.2 Å². The normalized spacial score (nSPS) is 14.8. The Balaban J connectivity index is 0.00000182. The Morgan fingerprint density at radius 3 is 2.41 bits per heavy atom. The monoisotopic (exact) mass is 408 g/mol. The number of aromatic nitrogens is 1. The fraction of sp³-hybridized carbons (Fsp3) is 0.444. The standard InChI is InChI=1S/C18H21F3N2O2.ClH.H2O/c1-24-17-8-6-14(25-18(19,20)21)11-15(17)16-7-5-13(22-16)12-23-9-3-2-4-10-23;;/h5-8,11,22H,2-4,9-10,12H2,1H3;1H;1H2. The molecule has 0 radical (unpaired) electrons. The minimum absolute atomic E-state index is 0. The molecule has 1 aromatic heterocycles. The van der Waals surface area contributed by atoms with Crippen LogP contribution in [0.25, 0.3) is 11.3 Å². The molecule has 0 atom stereocenters. The predicted octanol–water partition coefficient (Wildman–Crippen LogP) is 4.17. The molecule has 1 saturated heterocycles. The van der Waals surface area contributed by atoms with Crippen LogP contribution >= 0.6 is 12.4 Å². The second kappa shape index (κ2) is 9.87. The van der Waals surface area contributed by atoms with E-state index in [1.165, 1.54) is 44.6 Å². The van der Waals surface area contributed by atoms with E-state index in [0.29, 0.717) is 17.0 Å². The lowest BCUT2D eigenvalue weighted by atomic mass is 10.1. The average molecular weight is 409 g/mol. The van der Waals surface area contributed by atoms with Gasteiger partial charge in [0.05, 0.1) is 7.11 Å². The highest BCUT2D eigenvalue weighted by atomic mass is 35.5. The van der Waals surface area contributed by atoms with E-state index in [1.807, 2.05) is 12.1 Å². The van der Waals surface area contributed by atoms with Crippen molar-refractivity contribution in [2.75, 3.05) is 20.2 Å². The summed E-state index contributed by atoms with van der Waals surface area (Å²) in [4.78, 5) is 5.66. The lowest BCUT2D eigenvalue weighted by Gasteiger charge is -2.25. The molecule has 0 amide bonds. The number of alkyl halides is 3. The first kappa shape index (κ1) is 23.1. The number of methoxy groups -OCH3 is 1. The van der Waals surface area contributed by atoms with Gasteiger partial charge in [0.25, 0.3) is 0 Å². The zero-order chi connectivity index (χ0) is 17.9.